The van der Waals surface area contributed by atoms with Gasteiger partial charge in [-0.15, -0.1) is 0 Å². The first-order valence-corrected chi connectivity index (χ1v) is 9.01. The summed E-state index contributed by atoms with van der Waals surface area (Å²) in [5, 5.41) is 8.85. The average Bonchev–Trinajstić information content (AvgIpc) is 2.60. The minimum absolute atomic E-state index is 0.0195. The zero-order chi connectivity index (χ0) is 18.9. The fourth-order valence-electron chi connectivity index (χ4n) is 3.98. The first kappa shape index (κ1) is 18.1. The van der Waals surface area contributed by atoms with Gasteiger partial charge in [0.15, 0.2) is 0 Å². The average molecular weight is 349 g/mol. The molecular formula is C22H24FN3. The van der Waals surface area contributed by atoms with E-state index in [2.05, 4.69) is 43.7 Å². The summed E-state index contributed by atoms with van der Waals surface area (Å²) >= 11 is 0. The molecule has 1 unspecified atom stereocenters. The molecule has 0 saturated heterocycles. The van der Waals surface area contributed by atoms with E-state index in [1.54, 1.807) is 36.5 Å². The predicted molar refractivity (Wildman–Crippen MR) is 105 cm³/mol. The van der Waals surface area contributed by atoms with Gasteiger partial charge >= 0.3 is 0 Å². The van der Waals surface area contributed by atoms with Gasteiger partial charge in [0.25, 0.3) is 0 Å². The third-order valence-corrected chi connectivity index (χ3v) is 5.17. The third kappa shape index (κ3) is 3.35. The Morgan fingerprint density at radius 3 is 2.62 bits per heavy atom. The number of benzene rings is 2. The van der Waals surface area contributed by atoms with Crippen molar-refractivity contribution in [1.29, 1.82) is 5.26 Å². The Balaban J connectivity index is 1.97. The van der Waals surface area contributed by atoms with Crippen LogP contribution in [0.1, 0.15) is 56.7 Å². The molecule has 26 heavy (non-hydrogen) atoms. The fraction of sp³-hybridized carbons (Fsp3) is 0.364. The van der Waals surface area contributed by atoms with Crippen LogP contribution in [0.15, 0.2) is 41.4 Å². The number of nitrogens with zero attached hydrogens (tertiary/aromatic N) is 3. The Labute approximate surface area is 154 Å². The maximum absolute atomic E-state index is 14.7. The van der Waals surface area contributed by atoms with Crippen molar-refractivity contribution in [3.8, 4) is 6.07 Å². The van der Waals surface area contributed by atoms with Crippen molar-refractivity contribution >= 4 is 17.6 Å². The van der Waals surface area contributed by atoms with Crippen LogP contribution in [0.3, 0.4) is 0 Å². The lowest BCUT2D eigenvalue weighted by molar-refractivity contribution is 0.380. The largest absolute Gasteiger partial charge is 0.366 e. The molecule has 1 atom stereocenters. The van der Waals surface area contributed by atoms with Crippen molar-refractivity contribution < 1.29 is 4.39 Å². The number of hydrogen-bond acceptors (Lipinski definition) is 3. The lowest BCUT2D eigenvalue weighted by atomic mass is 9.79. The number of hydrogen-bond donors (Lipinski definition) is 0. The summed E-state index contributed by atoms with van der Waals surface area (Å²) in [5.41, 5.74) is 3.96. The van der Waals surface area contributed by atoms with Crippen LogP contribution in [0.5, 0.6) is 0 Å². The Kier molecular flexibility index (Phi) is 4.82. The molecular weight excluding hydrogens is 325 g/mol. The van der Waals surface area contributed by atoms with E-state index in [4.69, 9.17) is 5.26 Å². The standard InChI is InChI=1S/C22H24FN3/c1-5-26-21-11-20(23)17(10-19(21)15(2)12-22(26,3)4)14-25-18-8-6-16(13-24)7-9-18/h6-11,14-15H,5,12H2,1-4H3. The fourth-order valence-corrected chi connectivity index (χ4v) is 3.98. The quantitative estimate of drug-likeness (QED) is 0.681. The molecule has 0 aliphatic carbocycles. The van der Waals surface area contributed by atoms with E-state index in [1.807, 2.05) is 6.07 Å². The normalized spacial score (nSPS) is 18.6. The van der Waals surface area contributed by atoms with Gasteiger partial charge in [0.1, 0.15) is 5.82 Å². The van der Waals surface area contributed by atoms with Gasteiger partial charge in [0, 0.05) is 29.5 Å². The van der Waals surface area contributed by atoms with E-state index in [0.29, 0.717) is 22.7 Å². The molecule has 1 heterocycles. The summed E-state index contributed by atoms with van der Waals surface area (Å²) in [7, 11) is 0. The van der Waals surface area contributed by atoms with Gasteiger partial charge in [-0.1, -0.05) is 6.92 Å². The van der Waals surface area contributed by atoms with E-state index in [-0.39, 0.29) is 11.4 Å². The Bertz CT molecular complexity index is 875. The lowest BCUT2D eigenvalue weighted by Crippen LogP contribution is -2.48. The van der Waals surface area contributed by atoms with E-state index < -0.39 is 0 Å². The van der Waals surface area contributed by atoms with Crippen LogP contribution in [0, 0.1) is 17.1 Å². The molecule has 0 bridgehead atoms. The second-order valence-electron chi connectivity index (χ2n) is 7.51. The van der Waals surface area contributed by atoms with Crippen LogP contribution in [0.2, 0.25) is 0 Å². The summed E-state index contributed by atoms with van der Waals surface area (Å²) in [4.78, 5) is 6.65. The molecule has 0 saturated carbocycles. The van der Waals surface area contributed by atoms with Crippen LogP contribution >= 0.6 is 0 Å². The van der Waals surface area contributed by atoms with Gasteiger partial charge in [0.05, 0.1) is 17.3 Å². The summed E-state index contributed by atoms with van der Waals surface area (Å²) in [6.07, 6.45) is 2.60. The van der Waals surface area contributed by atoms with Crippen molar-refractivity contribution in [2.45, 2.75) is 45.6 Å². The molecule has 0 N–H and O–H groups in total. The molecule has 1 aliphatic heterocycles. The van der Waals surface area contributed by atoms with Gasteiger partial charge in [-0.2, -0.15) is 5.26 Å². The van der Waals surface area contributed by atoms with E-state index in [0.717, 1.165) is 18.7 Å². The highest BCUT2D eigenvalue weighted by molar-refractivity contribution is 5.84. The highest BCUT2D eigenvalue weighted by Gasteiger charge is 2.36. The van der Waals surface area contributed by atoms with Gasteiger partial charge in [-0.05, 0) is 75.1 Å². The van der Waals surface area contributed by atoms with Crippen LogP contribution in [-0.4, -0.2) is 18.3 Å². The van der Waals surface area contributed by atoms with E-state index in [9.17, 15) is 4.39 Å². The van der Waals surface area contributed by atoms with Crippen LogP contribution in [0.25, 0.3) is 0 Å². The van der Waals surface area contributed by atoms with Gasteiger partial charge in [0.2, 0.25) is 0 Å². The summed E-state index contributed by atoms with van der Waals surface area (Å²) in [6.45, 7) is 9.60. The first-order chi connectivity index (χ1) is 12.4. The second kappa shape index (κ2) is 6.92. The van der Waals surface area contributed by atoms with Gasteiger partial charge in [-0.25, -0.2) is 4.39 Å². The van der Waals surface area contributed by atoms with Crippen molar-refractivity contribution in [2.24, 2.45) is 4.99 Å². The van der Waals surface area contributed by atoms with Crippen molar-refractivity contribution in [1.82, 2.24) is 0 Å². The van der Waals surface area contributed by atoms with E-state index >= 15 is 0 Å². The summed E-state index contributed by atoms with van der Waals surface area (Å²) in [5.74, 6) is 0.106. The number of rotatable bonds is 3. The number of fused-ring (bicyclic) bond motifs is 1. The molecule has 0 radical (unpaired) electrons. The molecule has 134 valence electrons. The Hall–Kier alpha value is -2.67. The third-order valence-electron chi connectivity index (χ3n) is 5.17. The number of anilines is 1. The zero-order valence-electron chi connectivity index (χ0n) is 15.8. The van der Waals surface area contributed by atoms with Crippen LogP contribution < -0.4 is 4.90 Å². The molecule has 3 nitrogen and oxygen atoms in total. The highest BCUT2D eigenvalue weighted by Crippen LogP contribution is 2.43. The van der Waals surface area contributed by atoms with E-state index in [1.165, 1.54) is 5.56 Å². The molecule has 2 aromatic rings. The number of halogens is 1. The minimum atomic E-state index is -0.260. The van der Waals surface area contributed by atoms with Crippen molar-refractivity contribution in [3.63, 3.8) is 0 Å². The smallest absolute Gasteiger partial charge is 0.134 e. The predicted octanol–water partition coefficient (Wildman–Crippen LogP) is 5.56. The van der Waals surface area contributed by atoms with Crippen LogP contribution in [-0.2, 0) is 0 Å². The summed E-state index contributed by atoms with van der Waals surface area (Å²) < 4.78 is 14.7. The molecule has 0 amide bonds. The molecule has 0 aromatic heterocycles. The lowest BCUT2D eigenvalue weighted by Gasteiger charge is -2.47. The topological polar surface area (TPSA) is 39.4 Å². The maximum Gasteiger partial charge on any atom is 0.134 e. The summed E-state index contributed by atoms with van der Waals surface area (Å²) in [6, 6.07) is 12.6. The number of aliphatic imine (C=N–C) groups is 1. The molecule has 4 heteroatoms. The van der Waals surface area contributed by atoms with Gasteiger partial charge in [-0.3, -0.25) is 4.99 Å². The zero-order valence-corrected chi connectivity index (χ0v) is 15.8. The molecule has 3 rings (SSSR count). The van der Waals surface area contributed by atoms with Crippen molar-refractivity contribution in [3.05, 3.63) is 58.9 Å². The molecule has 1 aliphatic rings. The minimum Gasteiger partial charge on any atom is -0.366 e. The second-order valence-corrected chi connectivity index (χ2v) is 7.51. The first-order valence-electron chi connectivity index (χ1n) is 9.01. The SMILES string of the molecule is CCN1c2cc(F)c(C=Nc3ccc(C#N)cc3)cc2C(C)CC1(C)C. The Morgan fingerprint density at radius 2 is 2.00 bits per heavy atom. The molecule has 2 aromatic carbocycles. The maximum atomic E-state index is 14.7. The highest BCUT2D eigenvalue weighted by atomic mass is 19.1. The monoisotopic (exact) mass is 349 g/mol. The molecule has 0 spiro atoms. The van der Waals surface area contributed by atoms with Gasteiger partial charge < -0.3 is 4.90 Å². The number of nitriles is 1. The van der Waals surface area contributed by atoms with Crippen molar-refractivity contribution in [2.75, 3.05) is 11.4 Å². The van der Waals surface area contributed by atoms with Crippen LogP contribution in [0.4, 0.5) is 15.8 Å². The molecule has 0 fully saturated rings. The Morgan fingerprint density at radius 1 is 1.31 bits per heavy atom.